The Kier molecular flexibility index (Phi) is 7.09. The van der Waals surface area contributed by atoms with Crippen molar-refractivity contribution in [2.75, 3.05) is 18.5 Å². The summed E-state index contributed by atoms with van der Waals surface area (Å²) in [6, 6.07) is 5.12. The normalized spacial score (nSPS) is 12.7. The highest BCUT2D eigenvalue weighted by atomic mass is 19.4. The van der Waals surface area contributed by atoms with Crippen LogP contribution in [-0.2, 0) is 0 Å². The van der Waals surface area contributed by atoms with Crippen molar-refractivity contribution in [1.82, 2.24) is 9.55 Å². The van der Waals surface area contributed by atoms with Gasteiger partial charge in [-0.25, -0.2) is 18.2 Å². The Morgan fingerprint density at radius 3 is 2.52 bits per heavy atom. The van der Waals surface area contributed by atoms with Gasteiger partial charge in [0, 0.05) is 25.2 Å². The van der Waals surface area contributed by atoms with E-state index in [1.165, 1.54) is 19.1 Å². The molecule has 33 heavy (non-hydrogen) atoms. The van der Waals surface area contributed by atoms with Crippen LogP contribution in [0.3, 0.4) is 0 Å². The molecule has 0 saturated carbocycles. The van der Waals surface area contributed by atoms with Crippen LogP contribution in [0, 0.1) is 17.6 Å². The molecule has 1 N–H and O–H groups in total. The fourth-order valence-electron chi connectivity index (χ4n) is 3.36. The molecule has 0 spiro atoms. The summed E-state index contributed by atoms with van der Waals surface area (Å²) in [6.45, 7) is 0.457. The maximum atomic E-state index is 14.6. The summed E-state index contributed by atoms with van der Waals surface area (Å²) < 4.78 is 81.0. The first-order valence-corrected chi connectivity index (χ1v) is 9.98. The summed E-state index contributed by atoms with van der Waals surface area (Å²) in [6.07, 6.45) is -5.06. The number of benzene rings is 1. The van der Waals surface area contributed by atoms with Gasteiger partial charge in [0.1, 0.15) is 24.1 Å². The Hall–Kier alpha value is -3.37. The van der Waals surface area contributed by atoms with Crippen molar-refractivity contribution in [3.63, 3.8) is 0 Å². The Labute approximate surface area is 184 Å². The van der Waals surface area contributed by atoms with Gasteiger partial charge in [-0.05, 0) is 30.7 Å². The topological polar surface area (TPSA) is 64.0 Å². The van der Waals surface area contributed by atoms with E-state index in [0.717, 1.165) is 22.9 Å². The quantitative estimate of drug-likeness (QED) is 0.362. The van der Waals surface area contributed by atoms with Crippen molar-refractivity contribution in [2.24, 2.45) is 5.92 Å². The lowest BCUT2D eigenvalue weighted by atomic mass is 9.95. The third kappa shape index (κ3) is 5.18. The van der Waals surface area contributed by atoms with E-state index in [-0.39, 0.29) is 35.5 Å². The van der Waals surface area contributed by atoms with Gasteiger partial charge < -0.3 is 5.32 Å². The maximum Gasteiger partial charge on any atom is 0.392 e. The molecule has 2 heterocycles. The molecule has 1 atom stereocenters. The molecule has 3 rings (SSSR count). The Balaban J connectivity index is 2.23. The van der Waals surface area contributed by atoms with Gasteiger partial charge in [-0.3, -0.25) is 14.2 Å². The van der Waals surface area contributed by atoms with Gasteiger partial charge in [-0.1, -0.05) is 6.92 Å². The van der Waals surface area contributed by atoms with E-state index in [0.29, 0.717) is 6.07 Å². The average molecular weight is 471 g/mol. The first kappa shape index (κ1) is 24.3. The number of anilines is 1. The monoisotopic (exact) mass is 471 g/mol. The van der Waals surface area contributed by atoms with Crippen molar-refractivity contribution in [1.29, 1.82) is 0 Å². The molecule has 0 radical (unpaired) electrons. The highest BCUT2D eigenvalue weighted by Gasteiger charge is 2.39. The molecule has 0 fully saturated rings. The van der Waals surface area contributed by atoms with E-state index < -0.39 is 53.6 Å². The van der Waals surface area contributed by atoms with Crippen LogP contribution in [0.4, 0.5) is 32.2 Å². The van der Waals surface area contributed by atoms with Gasteiger partial charge in [-0.2, -0.15) is 13.2 Å². The van der Waals surface area contributed by atoms with Crippen LogP contribution >= 0.6 is 0 Å². The van der Waals surface area contributed by atoms with E-state index in [2.05, 4.69) is 10.3 Å². The van der Waals surface area contributed by atoms with Crippen LogP contribution in [-0.4, -0.2) is 34.7 Å². The maximum absolute atomic E-state index is 14.6. The predicted octanol–water partition coefficient (Wildman–Crippen LogP) is 5.21. The molecule has 11 heteroatoms. The van der Waals surface area contributed by atoms with Gasteiger partial charge in [0.05, 0.1) is 22.6 Å². The van der Waals surface area contributed by atoms with Gasteiger partial charge >= 0.3 is 6.18 Å². The molecule has 0 unspecified atom stereocenters. The van der Waals surface area contributed by atoms with Crippen LogP contribution in [0.15, 0.2) is 41.3 Å². The zero-order valence-corrected chi connectivity index (χ0v) is 17.3. The number of carbonyl (C=O) groups is 1. The SMILES string of the molecule is CC[C@H](CC(=O)c1cn(-c2ccc(F)cc2F)c2nc(NCCF)ccc2c1=O)C(F)(F)F. The molecule has 3 aromatic rings. The molecular weight excluding hydrogens is 452 g/mol. The number of aromatic nitrogens is 2. The third-order valence-corrected chi connectivity index (χ3v) is 5.11. The lowest BCUT2D eigenvalue weighted by Crippen LogP contribution is -2.27. The number of alkyl halides is 4. The van der Waals surface area contributed by atoms with Gasteiger partial charge in [0.2, 0.25) is 5.43 Å². The number of ketones is 1. The molecule has 176 valence electrons. The largest absolute Gasteiger partial charge is 0.392 e. The van der Waals surface area contributed by atoms with E-state index >= 15 is 0 Å². The number of hydrogen-bond donors (Lipinski definition) is 1. The molecule has 2 aromatic heterocycles. The number of nitrogens with one attached hydrogen (secondary N) is 1. The molecule has 0 aliphatic heterocycles. The highest BCUT2D eigenvalue weighted by molar-refractivity contribution is 5.99. The third-order valence-electron chi connectivity index (χ3n) is 5.11. The second kappa shape index (κ2) is 9.63. The number of hydrogen-bond acceptors (Lipinski definition) is 4. The Bertz CT molecular complexity index is 1240. The molecule has 0 saturated heterocycles. The predicted molar refractivity (Wildman–Crippen MR) is 111 cm³/mol. The summed E-state index contributed by atoms with van der Waals surface area (Å²) in [5.41, 5.74) is -1.89. The van der Waals surface area contributed by atoms with Crippen LogP contribution in [0.5, 0.6) is 0 Å². The standard InChI is InChI=1S/C22H19F6N3O2/c1-2-12(22(26,27)28)9-18(32)15-11-31(17-5-3-13(24)10-16(17)25)21-14(20(15)33)4-6-19(30-21)29-8-7-23/h3-6,10-12H,2,7-9H2,1H3,(H,29,30)/t12-/m1/s1. The summed E-state index contributed by atoms with van der Waals surface area (Å²) in [7, 11) is 0. The van der Waals surface area contributed by atoms with Crippen LogP contribution in [0.25, 0.3) is 16.7 Å². The number of pyridine rings is 2. The van der Waals surface area contributed by atoms with Crippen molar-refractivity contribution >= 4 is 22.6 Å². The molecule has 5 nitrogen and oxygen atoms in total. The van der Waals surface area contributed by atoms with E-state index in [1.807, 2.05) is 0 Å². The first-order chi connectivity index (χ1) is 15.6. The number of carbonyl (C=O) groups excluding carboxylic acids is 1. The minimum atomic E-state index is -4.64. The second-order valence-corrected chi connectivity index (χ2v) is 7.30. The molecule has 0 aliphatic rings. The van der Waals surface area contributed by atoms with Crippen molar-refractivity contribution in [3.05, 3.63) is 63.9 Å². The zero-order chi connectivity index (χ0) is 24.3. The minimum absolute atomic E-state index is 0.0972. The van der Waals surface area contributed by atoms with Gasteiger partial charge in [-0.15, -0.1) is 0 Å². The lowest BCUT2D eigenvalue weighted by molar-refractivity contribution is -0.174. The first-order valence-electron chi connectivity index (χ1n) is 9.98. The molecule has 0 bridgehead atoms. The summed E-state index contributed by atoms with van der Waals surface area (Å²) >= 11 is 0. The van der Waals surface area contributed by atoms with Crippen molar-refractivity contribution < 1.29 is 31.1 Å². The van der Waals surface area contributed by atoms with E-state index in [4.69, 9.17) is 0 Å². The Morgan fingerprint density at radius 1 is 1.18 bits per heavy atom. The number of Topliss-reactive ketones (excluding diaryl/α,β-unsaturated/α-hetero) is 1. The zero-order valence-electron chi connectivity index (χ0n) is 17.3. The van der Waals surface area contributed by atoms with E-state index in [9.17, 15) is 35.9 Å². The number of nitrogens with zero attached hydrogens (tertiary/aromatic N) is 2. The summed E-state index contributed by atoms with van der Waals surface area (Å²) in [4.78, 5) is 29.8. The summed E-state index contributed by atoms with van der Waals surface area (Å²) in [5.74, 6) is -4.82. The smallest absolute Gasteiger partial charge is 0.367 e. The van der Waals surface area contributed by atoms with Gasteiger partial charge in [0.25, 0.3) is 0 Å². The number of rotatable bonds is 8. The van der Waals surface area contributed by atoms with Gasteiger partial charge in [0.15, 0.2) is 11.4 Å². The lowest BCUT2D eigenvalue weighted by Gasteiger charge is -2.18. The average Bonchev–Trinajstić information content (AvgIpc) is 2.75. The second-order valence-electron chi connectivity index (χ2n) is 7.30. The van der Waals surface area contributed by atoms with Crippen LogP contribution in [0.2, 0.25) is 0 Å². The fourth-order valence-corrected chi connectivity index (χ4v) is 3.36. The fraction of sp³-hybridized carbons (Fsp3) is 0.318. The molecule has 0 aliphatic carbocycles. The Morgan fingerprint density at radius 2 is 1.91 bits per heavy atom. The number of fused-ring (bicyclic) bond motifs is 1. The molecule has 1 aromatic carbocycles. The summed E-state index contributed by atoms with van der Waals surface area (Å²) in [5, 5.41) is 2.48. The van der Waals surface area contributed by atoms with Crippen molar-refractivity contribution in [2.45, 2.75) is 25.9 Å². The minimum Gasteiger partial charge on any atom is -0.367 e. The number of halogens is 6. The molecule has 0 amide bonds. The highest BCUT2D eigenvalue weighted by Crippen LogP contribution is 2.32. The van der Waals surface area contributed by atoms with Crippen molar-refractivity contribution in [3.8, 4) is 5.69 Å². The van der Waals surface area contributed by atoms with E-state index in [1.54, 1.807) is 0 Å². The van der Waals surface area contributed by atoms with Crippen LogP contribution < -0.4 is 10.7 Å². The van der Waals surface area contributed by atoms with Crippen LogP contribution in [0.1, 0.15) is 30.1 Å². The molecular formula is C22H19F6N3O2.